The van der Waals surface area contributed by atoms with Crippen LogP contribution < -0.4 is 10.9 Å². The van der Waals surface area contributed by atoms with Gasteiger partial charge in [-0.2, -0.15) is 0 Å². The number of urea groups is 1. The highest BCUT2D eigenvalue weighted by Crippen LogP contribution is 2.34. The molecule has 2 aliphatic rings. The number of carbonyl (C=O) groups excluding carboxylic acids is 1. The Morgan fingerprint density at radius 3 is 2.72 bits per heavy atom. The summed E-state index contributed by atoms with van der Waals surface area (Å²) < 4.78 is 1.89. The van der Waals surface area contributed by atoms with E-state index in [-0.39, 0.29) is 17.5 Å². The van der Waals surface area contributed by atoms with E-state index in [2.05, 4.69) is 17.4 Å². The van der Waals surface area contributed by atoms with E-state index in [9.17, 15) is 9.59 Å². The molecule has 2 aliphatic heterocycles. The topological polar surface area (TPSA) is 54.3 Å². The van der Waals surface area contributed by atoms with Crippen molar-refractivity contribution in [3.8, 4) is 0 Å². The van der Waals surface area contributed by atoms with Gasteiger partial charge in [0.15, 0.2) is 0 Å². The number of carbonyl (C=O) groups is 1. The largest absolute Gasteiger partial charge is 0.338 e. The number of benzene rings is 1. The van der Waals surface area contributed by atoms with E-state index in [4.69, 9.17) is 0 Å². The lowest BCUT2D eigenvalue weighted by Crippen LogP contribution is -2.52. The van der Waals surface area contributed by atoms with Crippen molar-refractivity contribution >= 4 is 6.03 Å². The maximum atomic E-state index is 12.5. The van der Waals surface area contributed by atoms with E-state index >= 15 is 0 Å². The van der Waals surface area contributed by atoms with E-state index in [1.54, 1.807) is 6.07 Å². The quantitative estimate of drug-likeness (QED) is 0.934. The zero-order chi connectivity index (χ0) is 17.2. The van der Waals surface area contributed by atoms with Crippen molar-refractivity contribution in [2.75, 3.05) is 19.6 Å². The fraction of sp³-hybridized carbons (Fsp3) is 0.400. The summed E-state index contributed by atoms with van der Waals surface area (Å²) in [6.45, 7) is 2.79. The van der Waals surface area contributed by atoms with Crippen LogP contribution in [0.1, 0.15) is 23.6 Å². The number of rotatable bonds is 3. The first-order valence-corrected chi connectivity index (χ1v) is 8.97. The first-order chi connectivity index (χ1) is 12.2. The predicted molar refractivity (Wildman–Crippen MR) is 96.7 cm³/mol. The predicted octanol–water partition coefficient (Wildman–Crippen LogP) is 2.22. The highest BCUT2D eigenvalue weighted by atomic mass is 16.2. The zero-order valence-electron chi connectivity index (χ0n) is 14.2. The Labute approximate surface area is 147 Å². The number of nitrogens with zero attached hydrogens (tertiary/aromatic N) is 2. The van der Waals surface area contributed by atoms with E-state index in [0.717, 1.165) is 31.6 Å². The number of pyridine rings is 1. The molecule has 130 valence electrons. The zero-order valence-corrected chi connectivity index (χ0v) is 14.2. The van der Waals surface area contributed by atoms with Crippen molar-refractivity contribution in [3.05, 3.63) is 70.1 Å². The first-order valence-electron chi connectivity index (χ1n) is 8.97. The number of hydrogen-bond acceptors (Lipinski definition) is 2. The van der Waals surface area contributed by atoms with Gasteiger partial charge in [0.25, 0.3) is 5.56 Å². The van der Waals surface area contributed by atoms with Gasteiger partial charge in [0.1, 0.15) is 0 Å². The van der Waals surface area contributed by atoms with Crippen LogP contribution in [0.25, 0.3) is 0 Å². The third kappa shape index (κ3) is 3.31. The number of aromatic nitrogens is 1. The second kappa shape index (κ2) is 6.75. The molecule has 1 aromatic heterocycles. The third-order valence-electron chi connectivity index (χ3n) is 5.30. The van der Waals surface area contributed by atoms with Gasteiger partial charge in [0, 0.05) is 43.9 Å². The lowest BCUT2D eigenvalue weighted by molar-refractivity contribution is 0.131. The molecule has 0 spiro atoms. The Bertz CT molecular complexity index is 815. The van der Waals surface area contributed by atoms with Gasteiger partial charge in [0.2, 0.25) is 0 Å². The molecule has 4 rings (SSSR count). The average molecular weight is 337 g/mol. The molecule has 0 unspecified atom stereocenters. The summed E-state index contributed by atoms with van der Waals surface area (Å²) in [6.07, 6.45) is 1.91. The molecular formula is C20H23N3O2. The third-order valence-corrected chi connectivity index (χ3v) is 5.30. The second-order valence-corrected chi connectivity index (χ2v) is 7.07. The number of fused-ring (bicyclic) bond motifs is 4. The molecule has 3 heterocycles. The molecule has 1 aromatic carbocycles. The SMILES string of the molecule is O=C(NCCc1ccccc1)N1C[C@@H]2C[C@@H](C1)c1cccc(=O)n1C2. The van der Waals surface area contributed by atoms with Gasteiger partial charge in [-0.25, -0.2) is 4.79 Å². The van der Waals surface area contributed by atoms with Gasteiger partial charge >= 0.3 is 6.03 Å². The van der Waals surface area contributed by atoms with Crippen molar-refractivity contribution in [1.82, 2.24) is 14.8 Å². The fourth-order valence-electron chi connectivity index (χ4n) is 4.13. The maximum Gasteiger partial charge on any atom is 0.317 e. The van der Waals surface area contributed by atoms with Crippen molar-refractivity contribution in [1.29, 1.82) is 0 Å². The molecule has 0 radical (unpaired) electrons. The number of piperidine rings is 1. The lowest BCUT2D eigenvalue weighted by Gasteiger charge is -2.42. The van der Waals surface area contributed by atoms with E-state index < -0.39 is 0 Å². The van der Waals surface area contributed by atoms with Crippen LogP contribution >= 0.6 is 0 Å². The van der Waals surface area contributed by atoms with Crippen molar-refractivity contribution in [2.45, 2.75) is 25.3 Å². The van der Waals surface area contributed by atoms with Gasteiger partial charge in [-0.15, -0.1) is 0 Å². The molecule has 2 atom stereocenters. The van der Waals surface area contributed by atoms with Crippen LogP contribution in [0.15, 0.2) is 53.3 Å². The Hall–Kier alpha value is -2.56. The summed E-state index contributed by atoms with van der Waals surface area (Å²) in [6, 6.07) is 15.7. The summed E-state index contributed by atoms with van der Waals surface area (Å²) >= 11 is 0. The normalized spacial score (nSPS) is 21.5. The van der Waals surface area contributed by atoms with Gasteiger partial charge in [0.05, 0.1) is 0 Å². The van der Waals surface area contributed by atoms with Crippen LogP contribution in [0.2, 0.25) is 0 Å². The van der Waals surface area contributed by atoms with E-state index in [1.807, 2.05) is 39.8 Å². The first kappa shape index (κ1) is 15.9. The number of hydrogen-bond donors (Lipinski definition) is 1. The minimum Gasteiger partial charge on any atom is -0.338 e. The van der Waals surface area contributed by atoms with Crippen molar-refractivity contribution in [2.24, 2.45) is 5.92 Å². The van der Waals surface area contributed by atoms with Gasteiger partial charge in [-0.05, 0) is 30.4 Å². The molecule has 1 fully saturated rings. The standard InChI is InChI=1S/C20H23N3O2/c24-19-8-4-7-18-17-11-16(13-23(18)19)12-22(14-17)20(25)21-10-9-15-5-2-1-3-6-15/h1-8,16-17H,9-14H2,(H,21,25)/t16-,17-/m0/s1. The minimum absolute atomic E-state index is 0.0114. The smallest absolute Gasteiger partial charge is 0.317 e. The molecule has 1 N–H and O–H groups in total. The van der Waals surface area contributed by atoms with Gasteiger partial charge < -0.3 is 14.8 Å². The summed E-state index contributed by atoms with van der Waals surface area (Å²) in [4.78, 5) is 26.5. The van der Waals surface area contributed by atoms with Crippen LogP contribution in [-0.2, 0) is 13.0 Å². The van der Waals surface area contributed by atoms with Gasteiger partial charge in [-0.1, -0.05) is 36.4 Å². The van der Waals surface area contributed by atoms with Crippen LogP contribution in [0.4, 0.5) is 4.79 Å². The fourth-order valence-corrected chi connectivity index (χ4v) is 4.13. The van der Waals surface area contributed by atoms with Crippen LogP contribution in [0, 0.1) is 5.92 Å². The molecular weight excluding hydrogens is 314 g/mol. The number of nitrogens with one attached hydrogen (secondary N) is 1. The van der Waals surface area contributed by atoms with E-state index in [0.29, 0.717) is 19.0 Å². The molecule has 2 aromatic rings. The Morgan fingerprint density at radius 2 is 1.88 bits per heavy atom. The molecule has 0 saturated carbocycles. The lowest BCUT2D eigenvalue weighted by atomic mass is 9.83. The summed E-state index contributed by atoms with van der Waals surface area (Å²) in [5, 5.41) is 3.04. The summed E-state index contributed by atoms with van der Waals surface area (Å²) in [7, 11) is 0. The Kier molecular flexibility index (Phi) is 4.30. The number of likely N-dealkylation sites (tertiary alicyclic amines) is 1. The maximum absolute atomic E-state index is 12.5. The summed E-state index contributed by atoms with van der Waals surface area (Å²) in [5.41, 5.74) is 2.38. The number of amides is 2. The van der Waals surface area contributed by atoms with Crippen LogP contribution in [0.3, 0.4) is 0 Å². The Balaban J connectivity index is 1.38. The molecule has 25 heavy (non-hydrogen) atoms. The summed E-state index contributed by atoms with van der Waals surface area (Å²) in [5.74, 6) is 0.632. The monoisotopic (exact) mass is 337 g/mol. The van der Waals surface area contributed by atoms with Crippen LogP contribution in [0.5, 0.6) is 0 Å². The highest BCUT2D eigenvalue weighted by Gasteiger charge is 2.36. The highest BCUT2D eigenvalue weighted by molar-refractivity contribution is 5.74. The Morgan fingerprint density at radius 1 is 1.04 bits per heavy atom. The van der Waals surface area contributed by atoms with E-state index in [1.165, 1.54) is 5.56 Å². The van der Waals surface area contributed by atoms with Crippen molar-refractivity contribution < 1.29 is 4.79 Å². The molecule has 2 bridgehead atoms. The molecule has 1 saturated heterocycles. The average Bonchev–Trinajstić information content (AvgIpc) is 2.63. The van der Waals surface area contributed by atoms with Crippen molar-refractivity contribution in [3.63, 3.8) is 0 Å². The molecule has 0 aliphatic carbocycles. The van der Waals surface area contributed by atoms with Gasteiger partial charge in [-0.3, -0.25) is 4.79 Å². The van der Waals surface area contributed by atoms with Crippen LogP contribution in [-0.4, -0.2) is 35.1 Å². The molecule has 5 heteroatoms. The minimum atomic E-state index is 0.0114. The molecule has 2 amide bonds. The molecule has 5 nitrogen and oxygen atoms in total. The second-order valence-electron chi connectivity index (χ2n) is 7.07.